The first-order valence-electron chi connectivity index (χ1n) is 10.3. The largest absolute Gasteiger partial charge is 0.365 e. The minimum atomic E-state index is 0.0177. The molecule has 2 aromatic rings. The molecule has 29 heavy (non-hydrogen) atoms. The van der Waals surface area contributed by atoms with E-state index in [1.165, 1.54) is 5.69 Å². The number of nitrogens with zero attached hydrogens (tertiary/aromatic N) is 2. The van der Waals surface area contributed by atoms with Crippen LogP contribution >= 0.6 is 11.6 Å². The van der Waals surface area contributed by atoms with Gasteiger partial charge >= 0.3 is 0 Å². The summed E-state index contributed by atoms with van der Waals surface area (Å²) in [6.07, 6.45) is 4.92. The Morgan fingerprint density at radius 3 is 2.48 bits per heavy atom. The van der Waals surface area contributed by atoms with Gasteiger partial charge in [0, 0.05) is 29.4 Å². The standard InChI is InChI=1S/C24H26ClN3O/c1-15-3-5-17(6-4-15)24(29)27-19-8-10-20(11-9-19)28-16(2)13-21-22(28)12-7-18(14-26)23(21)25/h3-7,12,16,19-20H,8-11,13H2,1-2H3,(H,27,29)/t16-,19-,20-/m0/s1. The fraction of sp³-hybridized carbons (Fsp3) is 0.417. The molecule has 0 spiro atoms. The Bertz CT molecular complexity index is 955. The van der Waals surface area contributed by atoms with Crippen molar-refractivity contribution in [1.29, 1.82) is 5.26 Å². The molecular weight excluding hydrogens is 382 g/mol. The molecule has 0 bridgehead atoms. The molecule has 1 saturated carbocycles. The number of amides is 1. The topological polar surface area (TPSA) is 56.1 Å². The predicted molar refractivity (Wildman–Crippen MR) is 117 cm³/mol. The molecule has 150 valence electrons. The van der Waals surface area contributed by atoms with Crippen molar-refractivity contribution in [3.05, 3.63) is 63.7 Å². The van der Waals surface area contributed by atoms with E-state index in [0.717, 1.165) is 48.8 Å². The SMILES string of the molecule is Cc1ccc(C(=O)N[C@H]2CC[C@H](N3c4ccc(C#N)c(Cl)c4C[C@@H]3C)CC2)cc1. The lowest BCUT2D eigenvalue weighted by Gasteiger charge is -2.39. The Labute approximate surface area is 177 Å². The van der Waals surface area contributed by atoms with Crippen LogP contribution in [0.1, 0.15) is 59.7 Å². The Balaban J connectivity index is 1.40. The average Bonchev–Trinajstić information content (AvgIpc) is 3.06. The van der Waals surface area contributed by atoms with E-state index in [0.29, 0.717) is 22.7 Å². The molecule has 4 nitrogen and oxygen atoms in total. The quantitative estimate of drug-likeness (QED) is 0.777. The number of hydrogen-bond acceptors (Lipinski definition) is 3. The summed E-state index contributed by atoms with van der Waals surface area (Å²) in [5, 5.41) is 13.1. The Kier molecular flexibility index (Phi) is 5.52. The average molecular weight is 408 g/mol. The fourth-order valence-electron chi connectivity index (χ4n) is 4.79. The number of fused-ring (bicyclic) bond motifs is 1. The van der Waals surface area contributed by atoms with Gasteiger partial charge in [-0.05, 0) is 75.8 Å². The molecule has 1 N–H and O–H groups in total. The van der Waals surface area contributed by atoms with Crippen LogP contribution in [0.3, 0.4) is 0 Å². The van der Waals surface area contributed by atoms with E-state index in [9.17, 15) is 10.1 Å². The van der Waals surface area contributed by atoms with Crippen LogP contribution in [0, 0.1) is 18.3 Å². The summed E-state index contributed by atoms with van der Waals surface area (Å²) < 4.78 is 0. The summed E-state index contributed by atoms with van der Waals surface area (Å²) in [6, 6.07) is 14.8. The maximum atomic E-state index is 12.5. The summed E-state index contributed by atoms with van der Waals surface area (Å²) in [5.74, 6) is 0.0177. The number of carbonyl (C=O) groups is 1. The van der Waals surface area contributed by atoms with Crippen molar-refractivity contribution in [3.63, 3.8) is 0 Å². The van der Waals surface area contributed by atoms with Gasteiger partial charge < -0.3 is 10.2 Å². The van der Waals surface area contributed by atoms with Crippen LogP contribution in [0.2, 0.25) is 5.02 Å². The fourth-order valence-corrected chi connectivity index (χ4v) is 5.07. The first kappa shape index (κ1) is 19.8. The summed E-state index contributed by atoms with van der Waals surface area (Å²) in [7, 11) is 0. The number of nitrogens with one attached hydrogen (secondary N) is 1. The van der Waals surface area contributed by atoms with Crippen molar-refractivity contribution in [2.75, 3.05) is 4.90 Å². The molecule has 1 atom stereocenters. The van der Waals surface area contributed by atoms with Gasteiger partial charge in [-0.2, -0.15) is 5.26 Å². The lowest BCUT2D eigenvalue weighted by Crippen LogP contribution is -2.46. The van der Waals surface area contributed by atoms with Gasteiger partial charge in [0.15, 0.2) is 0 Å². The first-order valence-corrected chi connectivity index (χ1v) is 10.7. The number of hydrogen-bond donors (Lipinski definition) is 1. The second-order valence-electron chi connectivity index (χ2n) is 8.34. The maximum Gasteiger partial charge on any atom is 0.251 e. The second kappa shape index (κ2) is 8.08. The molecular formula is C24H26ClN3O. The van der Waals surface area contributed by atoms with Crippen LogP contribution in [0.15, 0.2) is 36.4 Å². The van der Waals surface area contributed by atoms with Crippen LogP contribution < -0.4 is 10.2 Å². The smallest absolute Gasteiger partial charge is 0.251 e. The third-order valence-electron chi connectivity index (χ3n) is 6.33. The van der Waals surface area contributed by atoms with Gasteiger partial charge in [0.25, 0.3) is 5.91 Å². The number of anilines is 1. The minimum Gasteiger partial charge on any atom is -0.365 e. The van der Waals surface area contributed by atoms with Crippen molar-refractivity contribution < 1.29 is 4.79 Å². The molecule has 0 unspecified atom stereocenters. The van der Waals surface area contributed by atoms with Crippen molar-refractivity contribution in [2.24, 2.45) is 0 Å². The monoisotopic (exact) mass is 407 g/mol. The van der Waals surface area contributed by atoms with E-state index in [-0.39, 0.29) is 11.9 Å². The molecule has 0 radical (unpaired) electrons. The van der Waals surface area contributed by atoms with Crippen molar-refractivity contribution in [1.82, 2.24) is 5.32 Å². The molecule has 1 aliphatic heterocycles. The molecule has 5 heteroatoms. The van der Waals surface area contributed by atoms with E-state index in [4.69, 9.17) is 11.6 Å². The Hall–Kier alpha value is -2.51. The number of benzene rings is 2. The van der Waals surface area contributed by atoms with E-state index in [1.807, 2.05) is 37.3 Å². The highest BCUT2D eigenvalue weighted by Crippen LogP contribution is 2.42. The van der Waals surface area contributed by atoms with Gasteiger partial charge in [0.05, 0.1) is 10.6 Å². The number of halogens is 1. The van der Waals surface area contributed by atoms with Crippen molar-refractivity contribution in [2.45, 2.75) is 64.1 Å². The number of carbonyl (C=O) groups excluding carboxylic acids is 1. The minimum absolute atomic E-state index is 0.0177. The first-order chi connectivity index (χ1) is 14.0. The van der Waals surface area contributed by atoms with Gasteiger partial charge in [-0.15, -0.1) is 0 Å². The molecule has 4 rings (SSSR count). The summed E-state index contributed by atoms with van der Waals surface area (Å²) in [6.45, 7) is 4.25. The van der Waals surface area contributed by atoms with Gasteiger partial charge in [-0.3, -0.25) is 4.79 Å². The zero-order valence-electron chi connectivity index (χ0n) is 16.9. The number of rotatable bonds is 3. The normalized spacial score (nSPS) is 23.4. The van der Waals surface area contributed by atoms with E-state index in [2.05, 4.69) is 29.3 Å². The number of aryl methyl sites for hydroxylation is 1. The lowest BCUT2D eigenvalue weighted by atomic mass is 9.89. The van der Waals surface area contributed by atoms with Crippen LogP contribution in [0.25, 0.3) is 0 Å². The Morgan fingerprint density at radius 1 is 1.14 bits per heavy atom. The molecule has 1 aliphatic carbocycles. The third-order valence-corrected chi connectivity index (χ3v) is 6.76. The zero-order valence-corrected chi connectivity index (χ0v) is 17.7. The lowest BCUT2D eigenvalue weighted by molar-refractivity contribution is 0.0925. The molecule has 0 saturated heterocycles. The Morgan fingerprint density at radius 2 is 1.83 bits per heavy atom. The van der Waals surface area contributed by atoms with Crippen LogP contribution in [-0.2, 0) is 6.42 Å². The molecule has 1 amide bonds. The van der Waals surface area contributed by atoms with E-state index < -0.39 is 0 Å². The summed E-state index contributed by atoms with van der Waals surface area (Å²) >= 11 is 6.48. The molecule has 1 fully saturated rings. The highest BCUT2D eigenvalue weighted by molar-refractivity contribution is 6.33. The van der Waals surface area contributed by atoms with Gasteiger partial charge in [-0.1, -0.05) is 29.3 Å². The van der Waals surface area contributed by atoms with Crippen molar-refractivity contribution >= 4 is 23.2 Å². The van der Waals surface area contributed by atoms with E-state index >= 15 is 0 Å². The maximum absolute atomic E-state index is 12.5. The zero-order chi connectivity index (χ0) is 20.5. The van der Waals surface area contributed by atoms with Gasteiger partial charge in [0.2, 0.25) is 0 Å². The van der Waals surface area contributed by atoms with Crippen molar-refractivity contribution in [3.8, 4) is 6.07 Å². The molecule has 1 heterocycles. The van der Waals surface area contributed by atoms with Gasteiger partial charge in [0.1, 0.15) is 6.07 Å². The second-order valence-corrected chi connectivity index (χ2v) is 8.72. The van der Waals surface area contributed by atoms with Crippen LogP contribution in [0.5, 0.6) is 0 Å². The summed E-state index contributed by atoms with van der Waals surface area (Å²) in [5.41, 5.74) is 4.72. The van der Waals surface area contributed by atoms with Crippen LogP contribution in [-0.4, -0.2) is 24.0 Å². The van der Waals surface area contributed by atoms with Gasteiger partial charge in [-0.25, -0.2) is 0 Å². The highest BCUT2D eigenvalue weighted by Gasteiger charge is 2.35. The predicted octanol–water partition coefficient (Wildman–Crippen LogP) is 5.01. The third kappa shape index (κ3) is 3.84. The molecule has 0 aromatic heterocycles. The van der Waals surface area contributed by atoms with E-state index in [1.54, 1.807) is 0 Å². The highest BCUT2D eigenvalue weighted by atomic mass is 35.5. The molecule has 2 aliphatic rings. The molecule has 2 aromatic carbocycles. The number of nitriles is 1. The van der Waals surface area contributed by atoms with Crippen LogP contribution in [0.4, 0.5) is 5.69 Å². The summed E-state index contributed by atoms with van der Waals surface area (Å²) in [4.78, 5) is 15.0.